The molecule has 450 valence electrons. The van der Waals surface area contributed by atoms with Gasteiger partial charge in [0, 0.05) is 12.8 Å². The number of ether oxygens (including phenoxy) is 1. The largest absolute Gasteiger partial charge is 0.466 e. The van der Waals surface area contributed by atoms with E-state index in [1.165, 1.54) is 302 Å². The molecule has 0 aliphatic heterocycles. The molecule has 76 heavy (non-hydrogen) atoms. The number of hydrogen-bond donors (Lipinski definition) is 3. The van der Waals surface area contributed by atoms with Crippen molar-refractivity contribution in [2.24, 2.45) is 0 Å². The van der Waals surface area contributed by atoms with Crippen LogP contribution < -0.4 is 5.32 Å². The minimum Gasteiger partial charge on any atom is -0.466 e. The molecule has 0 spiro atoms. The summed E-state index contributed by atoms with van der Waals surface area (Å²) >= 11 is 0. The summed E-state index contributed by atoms with van der Waals surface area (Å²) in [4.78, 5) is 24.6. The zero-order valence-electron chi connectivity index (χ0n) is 51.5. The van der Waals surface area contributed by atoms with Gasteiger partial charge in [0.05, 0.1) is 25.4 Å². The average Bonchev–Trinajstić information content (AvgIpc) is 3.42. The zero-order chi connectivity index (χ0) is 55.0. The normalized spacial score (nSPS) is 12.6. The summed E-state index contributed by atoms with van der Waals surface area (Å²) in [6, 6.07) is -0.538. The van der Waals surface area contributed by atoms with Crippen LogP contribution in [0.15, 0.2) is 24.3 Å². The molecule has 2 unspecified atom stereocenters. The first-order valence-corrected chi connectivity index (χ1v) is 34.6. The fourth-order valence-corrected chi connectivity index (χ4v) is 11.0. The summed E-state index contributed by atoms with van der Waals surface area (Å²) in [7, 11) is 0. The first-order chi connectivity index (χ1) is 37.5. The van der Waals surface area contributed by atoms with Gasteiger partial charge in [0.25, 0.3) is 0 Å². The molecule has 0 aliphatic carbocycles. The van der Waals surface area contributed by atoms with Gasteiger partial charge in [-0.15, -0.1) is 0 Å². The van der Waals surface area contributed by atoms with Gasteiger partial charge in [-0.2, -0.15) is 0 Å². The van der Waals surface area contributed by atoms with Crippen molar-refractivity contribution in [1.29, 1.82) is 0 Å². The van der Waals surface area contributed by atoms with Crippen molar-refractivity contribution in [2.75, 3.05) is 13.2 Å². The van der Waals surface area contributed by atoms with Crippen molar-refractivity contribution in [3.05, 3.63) is 24.3 Å². The van der Waals surface area contributed by atoms with Gasteiger partial charge in [-0.3, -0.25) is 9.59 Å². The Morgan fingerprint density at radius 1 is 0.368 bits per heavy atom. The van der Waals surface area contributed by atoms with Crippen LogP contribution in [-0.4, -0.2) is 47.4 Å². The van der Waals surface area contributed by atoms with Gasteiger partial charge in [-0.25, -0.2) is 0 Å². The predicted molar refractivity (Wildman–Crippen MR) is 333 cm³/mol. The number of unbranched alkanes of at least 4 members (excludes halogenated alkanes) is 50. The number of allylic oxidation sites excluding steroid dienone is 4. The number of rotatable bonds is 65. The van der Waals surface area contributed by atoms with Crippen LogP contribution in [0.2, 0.25) is 0 Å². The molecule has 0 saturated heterocycles. The fraction of sp³-hybridized carbons (Fsp3) is 0.914. The number of aliphatic hydroxyl groups excluding tert-OH is 2. The van der Waals surface area contributed by atoms with Crippen molar-refractivity contribution in [3.8, 4) is 0 Å². The summed E-state index contributed by atoms with van der Waals surface area (Å²) in [5.41, 5.74) is 0. The van der Waals surface area contributed by atoms with E-state index in [4.69, 9.17) is 4.74 Å². The SMILES string of the molecule is CCCCC/C=C\C/C=C\CCCCCCCCCC(=O)OCCCCCCCCCCCCCCCCCCCCCCCCCCCCCCCC(=O)NC(CO)C(O)CCCCCCCCCCCCCCC. The Labute approximate surface area is 475 Å². The molecule has 1 amide bonds. The highest BCUT2D eigenvalue weighted by atomic mass is 16.5. The molecule has 0 aromatic carbocycles. The maximum absolute atomic E-state index is 12.5. The third kappa shape index (κ3) is 61.6. The molecule has 0 aromatic rings. The van der Waals surface area contributed by atoms with Crippen LogP contribution in [0, 0.1) is 0 Å². The number of carbonyl (C=O) groups is 2. The van der Waals surface area contributed by atoms with Crippen molar-refractivity contribution in [1.82, 2.24) is 5.32 Å². The lowest BCUT2D eigenvalue weighted by atomic mass is 10.0. The molecule has 0 aromatic heterocycles. The second-order valence-electron chi connectivity index (χ2n) is 23.9. The van der Waals surface area contributed by atoms with E-state index in [2.05, 4.69) is 43.5 Å². The first kappa shape index (κ1) is 74.3. The summed E-state index contributed by atoms with van der Waals surface area (Å²) in [6.07, 6.45) is 82.2. The predicted octanol–water partition coefficient (Wildman–Crippen LogP) is 22.1. The summed E-state index contributed by atoms with van der Waals surface area (Å²) in [6.45, 7) is 4.95. The highest BCUT2D eigenvalue weighted by Gasteiger charge is 2.20. The lowest BCUT2D eigenvalue weighted by molar-refractivity contribution is -0.143. The van der Waals surface area contributed by atoms with Crippen LogP contribution in [-0.2, 0) is 14.3 Å². The number of nitrogens with one attached hydrogen (secondary N) is 1. The van der Waals surface area contributed by atoms with Gasteiger partial charge in [0.15, 0.2) is 0 Å². The molecule has 6 nitrogen and oxygen atoms in total. The number of amides is 1. The minimum atomic E-state index is -0.661. The Morgan fingerprint density at radius 2 is 0.658 bits per heavy atom. The molecule has 0 bridgehead atoms. The second-order valence-corrected chi connectivity index (χ2v) is 23.9. The molecular weight excluding hydrogens is 935 g/mol. The van der Waals surface area contributed by atoms with Crippen molar-refractivity contribution < 1.29 is 24.5 Å². The molecular formula is C70H135NO5. The van der Waals surface area contributed by atoms with Crippen LogP contribution in [0.4, 0.5) is 0 Å². The highest BCUT2D eigenvalue weighted by Crippen LogP contribution is 2.19. The Morgan fingerprint density at radius 3 is 1.03 bits per heavy atom. The van der Waals surface area contributed by atoms with Gasteiger partial charge in [0.2, 0.25) is 5.91 Å². The van der Waals surface area contributed by atoms with E-state index in [0.29, 0.717) is 25.9 Å². The van der Waals surface area contributed by atoms with E-state index in [9.17, 15) is 19.8 Å². The van der Waals surface area contributed by atoms with E-state index in [1.54, 1.807) is 0 Å². The molecule has 0 heterocycles. The quantitative estimate of drug-likeness (QED) is 0.0320. The maximum atomic E-state index is 12.5. The maximum Gasteiger partial charge on any atom is 0.305 e. The number of carbonyl (C=O) groups excluding carboxylic acids is 2. The van der Waals surface area contributed by atoms with Crippen molar-refractivity contribution in [3.63, 3.8) is 0 Å². The molecule has 0 saturated carbocycles. The van der Waals surface area contributed by atoms with Crippen molar-refractivity contribution in [2.45, 2.75) is 398 Å². The molecule has 0 fully saturated rings. The lowest BCUT2D eigenvalue weighted by Gasteiger charge is -2.22. The summed E-state index contributed by atoms with van der Waals surface area (Å²) in [5.74, 6) is -0.0173. The van der Waals surface area contributed by atoms with E-state index in [-0.39, 0.29) is 18.5 Å². The third-order valence-electron chi connectivity index (χ3n) is 16.3. The summed E-state index contributed by atoms with van der Waals surface area (Å²) in [5, 5.41) is 23.3. The smallest absolute Gasteiger partial charge is 0.305 e. The van der Waals surface area contributed by atoms with Crippen LogP contribution in [0.25, 0.3) is 0 Å². The van der Waals surface area contributed by atoms with E-state index < -0.39 is 12.1 Å². The van der Waals surface area contributed by atoms with Gasteiger partial charge in [-0.05, 0) is 57.8 Å². The van der Waals surface area contributed by atoms with Crippen LogP contribution >= 0.6 is 0 Å². The van der Waals surface area contributed by atoms with Gasteiger partial charge >= 0.3 is 5.97 Å². The first-order valence-electron chi connectivity index (χ1n) is 34.6. The number of hydrogen-bond acceptors (Lipinski definition) is 5. The highest BCUT2D eigenvalue weighted by molar-refractivity contribution is 5.76. The zero-order valence-corrected chi connectivity index (χ0v) is 51.5. The Balaban J connectivity index is 3.32. The topological polar surface area (TPSA) is 95.9 Å². The van der Waals surface area contributed by atoms with E-state index in [0.717, 1.165) is 51.4 Å². The molecule has 0 radical (unpaired) electrons. The van der Waals surface area contributed by atoms with Crippen LogP contribution in [0.5, 0.6) is 0 Å². The van der Waals surface area contributed by atoms with Gasteiger partial charge in [-0.1, -0.05) is 340 Å². The Bertz CT molecular complexity index is 1190. The standard InChI is InChI=1S/C70H135NO5/c1-3-5-7-9-11-13-15-17-18-32-36-40-44-48-52-56-60-64-70(75)76-65-61-57-53-49-45-41-37-34-31-29-27-25-23-21-19-20-22-24-26-28-30-33-35-39-43-47-51-55-59-63-69(74)71-67(66-72)68(73)62-58-54-50-46-42-38-16-14-12-10-8-6-4-2/h11,13,17-18,67-68,72-73H,3-10,12,14-16,19-66H2,1-2H3,(H,71,74)/b13-11-,18-17-. The lowest BCUT2D eigenvalue weighted by Crippen LogP contribution is -2.45. The number of esters is 1. The van der Waals surface area contributed by atoms with Gasteiger partial charge < -0.3 is 20.3 Å². The molecule has 6 heteroatoms. The van der Waals surface area contributed by atoms with Crippen LogP contribution in [0.1, 0.15) is 386 Å². The summed E-state index contributed by atoms with van der Waals surface area (Å²) < 4.78 is 5.50. The molecule has 3 N–H and O–H groups in total. The molecule has 0 aliphatic rings. The average molecular weight is 1070 g/mol. The monoisotopic (exact) mass is 1070 g/mol. The van der Waals surface area contributed by atoms with Gasteiger partial charge in [0.1, 0.15) is 0 Å². The minimum absolute atomic E-state index is 0.0123. The van der Waals surface area contributed by atoms with Crippen molar-refractivity contribution >= 4 is 11.9 Å². The van der Waals surface area contributed by atoms with E-state index >= 15 is 0 Å². The fourth-order valence-electron chi connectivity index (χ4n) is 11.0. The molecule has 2 atom stereocenters. The molecule has 0 rings (SSSR count). The third-order valence-corrected chi connectivity index (χ3v) is 16.3. The second kappa shape index (κ2) is 65.9. The Kier molecular flexibility index (Phi) is 64.4. The number of aliphatic hydroxyl groups is 2. The Hall–Kier alpha value is -1.66. The van der Waals surface area contributed by atoms with Crippen LogP contribution in [0.3, 0.4) is 0 Å². The van der Waals surface area contributed by atoms with E-state index in [1.807, 2.05) is 0 Å².